The van der Waals surface area contributed by atoms with Crippen molar-refractivity contribution in [1.29, 1.82) is 5.26 Å². The van der Waals surface area contributed by atoms with E-state index >= 15 is 0 Å². The molecule has 0 aliphatic carbocycles. The number of rotatable bonds is 9. The van der Waals surface area contributed by atoms with Crippen LogP contribution in [0.3, 0.4) is 0 Å². The van der Waals surface area contributed by atoms with Gasteiger partial charge in [0, 0.05) is 6.20 Å². The number of hydrogen-bond donors (Lipinski definition) is 2. The number of aliphatic hydroxyl groups is 1. The third-order valence-electron chi connectivity index (χ3n) is 4.96. The van der Waals surface area contributed by atoms with E-state index in [-0.39, 0.29) is 24.9 Å². The van der Waals surface area contributed by atoms with E-state index in [1.54, 1.807) is 31.2 Å². The minimum Gasteiger partial charge on any atom is -0.461 e. The number of nitriles is 1. The Morgan fingerprint density at radius 2 is 2.06 bits per heavy atom. The summed E-state index contributed by atoms with van der Waals surface area (Å²) in [6.45, 7) is 1.22. The number of anilines is 1. The highest BCUT2D eigenvalue weighted by molar-refractivity contribution is 6.32. The number of amides is 1. The third kappa shape index (κ3) is 5.53. The van der Waals surface area contributed by atoms with Gasteiger partial charge in [-0.3, -0.25) is 4.79 Å². The Kier molecular flexibility index (Phi) is 7.92. The molecule has 0 saturated heterocycles. The minimum atomic E-state index is -1.17. The van der Waals surface area contributed by atoms with Gasteiger partial charge in [0.2, 0.25) is 12.0 Å². The highest BCUT2D eigenvalue weighted by Gasteiger charge is 2.25. The van der Waals surface area contributed by atoms with Crippen LogP contribution < -0.4 is 10.1 Å². The average Bonchev–Trinajstić information content (AvgIpc) is 3.31. The molecule has 3 heterocycles. The van der Waals surface area contributed by atoms with Crippen LogP contribution in [-0.4, -0.2) is 61.2 Å². The molecule has 1 aromatic carbocycles. The number of nitrogens with zero attached hydrogens (tertiary/aromatic N) is 6. The molecule has 36 heavy (non-hydrogen) atoms. The zero-order chi connectivity index (χ0) is 25.7. The molecule has 0 fully saturated rings. The number of benzene rings is 1. The maximum Gasteiger partial charge on any atom is 0.269 e. The van der Waals surface area contributed by atoms with Crippen molar-refractivity contribution in [2.75, 3.05) is 18.5 Å². The van der Waals surface area contributed by atoms with Gasteiger partial charge in [-0.15, -0.1) is 0 Å². The normalized spacial score (nSPS) is 12.6. The molecule has 2 N–H and O–H groups in total. The SMILES string of the molecule is CC(CO)OCC(Oc1ncnc2c1cnn2-c1c(Cl)cccc1C#N)C(=O)Nc1ccc(Cl)cn1. The van der Waals surface area contributed by atoms with E-state index in [4.69, 9.17) is 32.7 Å². The minimum absolute atomic E-state index is 0.0567. The van der Waals surface area contributed by atoms with Crippen molar-refractivity contribution < 1.29 is 19.4 Å². The van der Waals surface area contributed by atoms with E-state index in [2.05, 4.69) is 31.4 Å². The fourth-order valence-corrected chi connectivity index (χ4v) is 3.53. The summed E-state index contributed by atoms with van der Waals surface area (Å²) < 4.78 is 12.9. The second-order valence-corrected chi connectivity index (χ2v) is 8.35. The number of carbonyl (C=O) groups is 1. The molecule has 4 rings (SSSR count). The summed E-state index contributed by atoms with van der Waals surface area (Å²) >= 11 is 12.2. The maximum atomic E-state index is 13.0. The Hall–Kier alpha value is -3.82. The molecule has 0 aliphatic rings. The molecular formula is C23H19Cl2N7O4. The number of carbonyl (C=O) groups excluding carboxylic acids is 1. The van der Waals surface area contributed by atoms with Crippen molar-refractivity contribution in [3.05, 3.63) is 64.7 Å². The summed E-state index contributed by atoms with van der Waals surface area (Å²) in [7, 11) is 0. The van der Waals surface area contributed by atoms with Gasteiger partial charge in [0.25, 0.3) is 5.91 Å². The van der Waals surface area contributed by atoms with E-state index < -0.39 is 18.1 Å². The van der Waals surface area contributed by atoms with Gasteiger partial charge in [-0.05, 0) is 31.2 Å². The number of aliphatic hydroxyl groups excluding tert-OH is 1. The standard InChI is InChI=1S/C23H19Cl2N7O4/c1-13(10-33)35-11-18(22(34)31-19-6-5-15(24)8-27-19)36-23-16-9-30-32(21(16)28-12-29-23)20-14(7-26)3-2-4-17(20)25/h2-6,8-9,12-13,18,33H,10-11H2,1H3,(H,27,31,34). The predicted molar refractivity (Wildman–Crippen MR) is 131 cm³/mol. The number of hydrogen-bond acceptors (Lipinski definition) is 9. The second-order valence-electron chi connectivity index (χ2n) is 7.50. The molecule has 3 aromatic heterocycles. The van der Waals surface area contributed by atoms with Crippen molar-refractivity contribution in [2.24, 2.45) is 0 Å². The lowest BCUT2D eigenvalue weighted by Crippen LogP contribution is -2.38. The Morgan fingerprint density at radius 1 is 1.22 bits per heavy atom. The second kappa shape index (κ2) is 11.3. The van der Waals surface area contributed by atoms with Crippen LogP contribution in [0.25, 0.3) is 16.7 Å². The molecule has 184 valence electrons. The van der Waals surface area contributed by atoms with Crippen molar-refractivity contribution in [3.8, 4) is 17.6 Å². The Morgan fingerprint density at radius 3 is 2.78 bits per heavy atom. The number of pyridine rings is 1. The smallest absolute Gasteiger partial charge is 0.269 e. The molecule has 2 atom stereocenters. The lowest BCUT2D eigenvalue weighted by atomic mass is 10.2. The van der Waals surface area contributed by atoms with E-state index in [1.807, 2.05) is 0 Å². The number of ether oxygens (including phenoxy) is 2. The highest BCUT2D eigenvalue weighted by atomic mass is 35.5. The lowest BCUT2D eigenvalue weighted by molar-refractivity contribution is -0.127. The Labute approximate surface area is 215 Å². The number of para-hydroxylation sites is 1. The Bertz CT molecular complexity index is 1420. The van der Waals surface area contributed by atoms with Gasteiger partial charge in [0.05, 0.1) is 41.1 Å². The fourth-order valence-electron chi connectivity index (χ4n) is 3.16. The molecule has 0 spiro atoms. The predicted octanol–water partition coefficient (Wildman–Crippen LogP) is 3.17. The van der Waals surface area contributed by atoms with E-state index in [1.165, 1.54) is 29.5 Å². The molecule has 2 unspecified atom stereocenters. The number of nitrogens with one attached hydrogen (secondary N) is 1. The Balaban J connectivity index is 1.66. The maximum absolute atomic E-state index is 13.0. The van der Waals surface area contributed by atoms with Gasteiger partial charge >= 0.3 is 0 Å². The molecule has 4 aromatic rings. The summed E-state index contributed by atoms with van der Waals surface area (Å²) in [6, 6.07) is 10.1. The summed E-state index contributed by atoms with van der Waals surface area (Å²) in [5.41, 5.74) is 0.963. The summed E-state index contributed by atoms with van der Waals surface area (Å²) in [5.74, 6) is -0.245. The lowest BCUT2D eigenvalue weighted by Gasteiger charge is -2.20. The number of fused-ring (bicyclic) bond motifs is 1. The molecule has 0 radical (unpaired) electrons. The van der Waals surface area contributed by atoms with Crippen LogP contribution >= 0.6 is 23.2 Å². The van der Waals surface area contributed by atoms with E-state index in [9.17, 15) is 15.2 Å². The largest absolute Gasteiger partial charge is 0.461 e. The van der Waals surface area contributed by atoms with Gasteiger partial charge in [-0.1, -0.05) is 29.3 Å². The summed E-state index contributed by atoms with van der Waals surface area (Å²) in [6.07, 6.45) is 2.38. The monoisotopic (exact) mass is 527 g/mol. The first kappa shape index (κ1) is 25.3. The van der Waals surface area contributed by atoms with E-state index in [0.29, 0.717) is 32.3 Å². The van der Waals surface area contributed by atoms with Crippen molar-refractivity contribution in [2.45, 2.75) is 19.1 Å². The highest BCUT2D eigenvalue weighted by Crippen LogP contribution is 2.29. The van der Waals surface area contributed by atoms with Crippen molar-refractivity contribution in [3.63, 3.8) is 0 Å². The number of halogens is 2. The van der Waals surface area contributed by atoms with Gasteiger partial charge < -0.3 is 19.9 Å². The quantitative estimate of drug-likeness (QED) is 0.334. The van der Waals surface area contributed by atoms with Crippen molar-refractivity contribution >= 4 is 46.0 Å². The molecular weight excluding hydrogens is 509 g/mol. The molecule has 0 aliphatic heterocycles. The van der Waals surface area contributed by atoms with Gasteiger partial charge in [-0.25, -0.2) is 19.6 Å². The van der Waals surface area contributed by atoms with Crippen LogP contribution in [-0.2, 0) is 9.53 Å². The first-order valence-corrected chi connectivity index (χ1v) is 11.4. The van der Waals surface area contributed by atoms with Crippen molar-refractivity contribution in [1.82, 2.24) is 24.7 Å². The molecule has 0 bridgehead atoms. The number of aromatic nitrogens is 5. The fraction of sp³-hybridized carbons (Fsp3) is 0.217. The van der Waals surface area contributed by atoms with Crippen LogP contribution in [0.15, 0.2) is 49.1 Å². The van der Waals surface area contributed by atoms with Gasteiger partial charge in [-0.2, -0.15) is 10.4 Å². The van der Waals surface area contributed by atoms with Gasteiger partial charge in [0.1, 0.15) is 29.3 Å². The first-order chi connectivity index (χ1) is 17.4. The zero-order valence-corrected chi connectivity index (χ0v) is 20.3. The van der Waals surface area contributed by atoms with Gasteiger partial charge in [0.15, 0.2) is 5.65 Å². The van der Waals surface area contributed by atoms with Crippen LogP contribution in [0.5, 0.6) is 5.88 Å². The molecule has 13 heteroatoms. The summed E-state index contributed by atoms with van der Waals surface area (Å²) in [4.78, 5) is 25.5. The molecule has 1 amide bonds. The average molecular weight is 528 g/mol. The van der Waals surface area contributed by atoms with Crippen LogP contribution in [0, 0.1) is 11.3 Å². The summed E-state index contributed by atoms with van der Waals surface area (Å²) in [5, 5.41) is 26.9. The van der Waals surface area contributed by atoms with Crippen LogP contribution in [0.1, 0.15) is 12.5 Å². The molecule has 11 nitrogen and oxygen atoms in total. The third-order valence-corrected chi connectivity index (χ3v) is 5.49. The van der Waals surface area contributed by atoms with Crippen LogP contribution in [0.2, 0.25) is 10.0 Å². The first-order valence-electron chi connectivity index (χ1n) is 10.6. The molecule has 0 saturated carbocycles. The van der Waals surface area contributed by atoms with Crippen LogP contribution in [0.4, 0.5) is 5.82 Å². The topological polar surface area (TPSA) is 148 Å². The van der Waals surface area contributed by atoms with E-state index in [0.717, 1.165) is 0 Å². The zero-order valence-electron chi connectivity index (χ0n) is 18.8.